The zero-order valence-corrected chi connectivity index (χ0v) is 14.8. The summed E-state index contributed by atoms with van der Waals surface area (Å²) in [5, 5.41) is 4.61. The summed E-state index contributed by atoms with van der Waals surface area (Å²) in [5.74, 6) is 0. The first-order chi connectivity index (χ1) is 10.9. The molecule has 0 bridgehead atoms. The molecule has 124 valence electrons. The standard InChI is InChI=1S/C16H20ClN3O2S/c1-12-9-18-20(10-12)14-6-4-8-19(11-14)23(21,22)16-13(2)5-3-7-15(16)17/h3,5,7,9-10,14H,4,6,8,11H2,1-2H3. The second-order valence-electron chi connectivity index (χ2n) is 6.04. The molecule has 0 saturated carbocycles. The maximum absolute atomic E-state index is 13.0. The highest BCUT2D eigenvalue weighted by Gasteiger charge is 2.33. The SMILES string of the molecule is Cc1cnn(C2CCCN(S(=O)(=O)c3c(C)cccc3Cl)C2)c1. The average Bonchev–Trinajstić information content (AvgIpc) is 2.94. The first kappa shape index (κ1) is 16.5. The van der Waals surface area contributed by atoms with Crippen LogP contribution in [-0.4, -0.2) is 35.6 Å². The lowest BCUT2D eigenvalue weighted by Crippen LogP contribution is -2.41. The van der Waals surface area contributed by atoms with Gasteiger partial charge in [-0.25, -0.2) is 8.42 Å². The van der Waals surface area contributed by atoms with Crippen LogP contribution in [-0.2, 0) is 10.0 Å². The minimum atomic E-state index is -3.60. The van der Waals surface area contributed by atoms with Crippen molar-refractivity contribution in [2.45, 2.75) is 37.6 Å². The Morgan fingerprint density at radius 3 is 2.74 bits per heavy atom. The Labute approximate surface area is 141 Å². The van der Waals surface area contributed by atoms with Crippen LogP contribution in [0.5, 0.6) is 0 Å². The molecule has 0 spiro atoms. The van der Waals surface area contributed by atoms with Crippen molar-refractivity contribution in [1.29, 1.82) is 0 Å². The van der Waals surface area contributed by atoms with Gasteiger partial charge in [-0.1, -0.05) is 23.7 Å². The van der Waals surface area contributed by atoms with Crippen LogP contribution in [0.1, 0.15) is 30.0 Å². The molecule has 1 atom stereocenters. The second kappa shape index (κ2) is 6.26. The van der Waals surface area contributed by atoms with E-state index in [1.165, 1.54) is 4.31 Å². The van der Waals surface area contributed by atoms with E-state index in [1.54, 1.807) is 31.3 Å². The van der Waals surface area contributed by atoms with Crippen molar-refractivity contribution in [3.05, 3.63) is 46.7 Å². The normalized spacial score (nSPS) is 19.9. The number of nitrogens with zero attached hydrogens (tertiary/aromatic N) is 3. The number of halogens is 1. The van der Waals surface area contributed by atoms with E-state index in [1.807, 2.05) is 17.8 Å². The lowest BCUT2D eigenvalue weighted by atomic mass is 10.1. The van der Waals surface area contributed by atoms with Crippen LogP contribution in [0, 0.1) is 13.8 Å². The first-order valence-corrected chi connectivity index (χ1v) is 9.47. The van der Waals surface area contributed by atoms with E-state index in [9.17, 15) is 8.42 Å². The number of aromatic nitrogens is 2. The van der Waals surface area contributed by atoms with E-state index in [0.717, 1.165) is 18.4 Å². The number of sulfonamides is 1. The Balaban J connectivity index is 1.91. The topological polar surface area (TPSA) is 55.2 Å². The summed E-state index contributed by atoms with van der Waals surface area (Å²) in [6, 6.07) is 5.23. The molecule has 0 aliphatic carbocycles. The maximum Gasteiger partial charge on any atom is 0.244 e. The summed E-state index contributed by atoms with van der Waals surface area (Å²) >= 11 is 6.17. The van der Waals surface area contributed by atoms with Crippen LogP contribution in [0.25, 0.3) is 0 Å². The van der Waals surface area contributed by atoms with Gasteiger partial charge >= 0.3 is 0 Å². The van der Waals surface area contributed by atoms with Gasteiger partial charge in [0, 0.05) is 19.3 Å². The molecule has 1 aliphatic heterocycles. The van der Waals surface area contributed by atoms with Gasteiger partial charge in [-0.05, 0) is 43.9 Å². The summed E-state index contributed by atoms with van der Waals surface area (Å²) in [6.07, 6.45) is 5.49. The van der Waals surface area contributed by atoms with Gasteiger partial charge in [0.15, 0.2) is 0 Å². The largest absolute Gasteiger partial charge is 0.268 e. The number of hydrogen-bond acceptors (Lipinski definition) is 3. The Morgan fingerprint density at radius 2 is 2.09 bits per heavy atom. The molecule has 7 heteroatoms. The van der Waals surface area contributed by atoms with Crippen molar-refractivity contribution in [3.8, 4) is 0 Å². The lowest BCUT2D eigenvalue weighted by molar-refractivity contribution is 0.253. The summed E-state index contributed by atoms with van der Waals surface area (Å²) in [4.78, 5) is 0.221. The molecule has 1 unspecified atom stereocenters. The molecule has 0 amide bonds. The fraction of sp³-hybridized carbons (Fsp3) is 0.438. The smallest absolute Gasteiger partial charge is 0.244 e. The molecule has 3 rings (SSSR count). The predicted molar refractivity (Wildman–Crippen MR) is 90.2 cm³/mol. The van der Waals surface area contributed by atoms with Gasteiger partial charge in [-0.15, -0.1) is 0 Å². The molecule has 2 heterocycles. The van der Waals surface area contributed by atoms with Gasteiger partial charge in [-0.3, -0.25) is 4.68 Å². The van der Waals surface area contributed by atoms with Crippen molar-refractivity contribution in [3.63, 3.8) is 0 Å². The summed E-state index contributed by atoms with van der Waals surface area (Å²) < 4.78 is 29.5. The number of piperidine rings is 1. The third-order valence-corrected chi connectivity index (χ3v) is 6.72. The fourth-order valence-electron chi connectivity index (χ4n) is 3.06. The van der Waals surface area contributed by atoms with Crippen LogP contribution < -0.4 is 0 Å². The molecule has 0 radical (unpaired) electrons. The Hall–Kier alpha value is -1.37. The van der Waals surface area contributed by atoms with E-state index in [2.05, 4.69) is 5.10 Å². The van der Waals surface area contributed by atoms with E-state index in [4.69, 9.17) is 11.6 Å². The van der Waals surface area contributed by atoms with Gasteiger partial charge in [0.2, 0.25) is 10.0 Å². The molecule has 1 aliphatic rings. The molecule has 1 aromatic heterocycles. The minimum absolute atomic E-state index is 0.0648. The number of aryl methyl sites for hydroxylation is 2. The fourth-order valence-corrected chi connectivity index (χ4v) is 5.36. The third kappa shape index (κ3) is 3.16. The van der Waals surface area contributed by atoms with Crippen molar-refractivity contribution in [2.24, 2.45) is 0 Å². The maximum atomic E-state index is 13.0. The van der Waals surface area contributed by atoms with E-state index in [0.29, 0.717) is 18.7 Å². The zero-order valence-electron chi connectivity index (χ0n) is 13.2. The molecular formula is C16H20ClN3O2S. The third-order valence-electron chi connectivity index (χ3n) is 4.23. The van der Waals surface area contributed by atoms with Crippen LogP contribution in [0.4, 0.5) is 0 Å². The van der Waals surface area contributed by atoms with E-state index >= 15 is 0 Å². The second-order valence-corrected chi connectivity index (χ2v) is 8.32. The molecule has 0 N–H and O–H groups in total. The van der Waals surface area contributed by atoms with Gasteiger partial charge in [0.1, 0.15) is 4.90 Å². The number of hydrogen-bond donors (Lipinski definition) is 0. The van der Waals surface area contributed by atoms with Crippen LogP contribution in [0.2, 0.25) is 5.02 Å². The van der Waals surface area contributed by atoms with Crippen LogP contribution >= 0.6 is 11.6 Å². The number of benzene rings is 1. The van der Waals surface area contributed by atoms with Gasteiger partial charge in [0.25, 0.3) is 0 Å². The molecular weight excluding hydrogens is 334 g/mol. The minimum Gasteiger partial charge on any atom is -0.268 e. The van der Waals surface area contributed by atoms with Crippen molar-refractivity contribution >= 4 is 21.6 Å². The highest BCUT2D eigenvalue weighted by molar-refractivity contribution is 7.89. The van der Waals surface area contributed by atoms with Crippen molar-refractivity contribution < 1.29 is 8.42 Å². The molecule has 1 fully saturated rings. The molecule has 23 heavy (non-hydrogen) atoms. The van der Waals surface area contributed by atoms with Crippen molar-refractivity contribution in [1.82, 2.24) is 14.1 Å². The van der Waals surface area contributed by atoms with E-state index < -0.39 is 10.0 Å². The summed E-state index contributed by atoms with van der Waals surface area (Å²) in [7, 11) is -3.60. The van der Waals surface area contributed by atoms with Crippen LogP contribution in [0.3, 0.4) is 0 Å². The average molecular weight is 354 g/mol. The van der Waals surface area contributed by atoms with Gasteiger partial charge in [-0.2, -0.15) is 9.40 Å². The van der Waals surface area contributed by atoms with Crippen molar-refractivity contribution in [2.75, 3.05) is 13.1 Å². The molecule has 1 aromatic carbocycles. The predicted octanol–water partition coefficient (Wildman–Crippen LogP) is 3.18. The molecule has 2 aromatic rings. The molecule has 1 saturated heterocycles. The van der Waals surface area contributed by atoms with Gasteiger partial charge < -0.3 is 0 Å². The summed E-state index contributed by atoms with van der Waals surface area (Å²) in [6.45, 7) is 4.70. The van der Waals surface area contributed by atoms with E-state index in [-0.39, 0.29) is 16.0 Å². The highest BCUT2D eigenvalue weighted by atomic mass is 35.5. The highest BCUT2D eigenvalue weighted by Crippen LogP contribution is 2.31. The monoisotopic (exact) mass is 353 g/mol. The quantitative estimate of drug-likeness (QED) is 0.851. The van der Waals surface area contributed by atoms with Gasteiger partial charge in [0.05, 0.1) is 17.3 Å². The molecule has 5 nitrogen and oxygen atoms in total. The zero-order chi connectivity index (χ0) is 16.6. The summed E-state index contributed by atoms with van der Waals surface area (Å²) in [5.41, 5.74) is 1.75. The Kier molecular flexibility index (Phi) is 4.49. The lowest BCUT2D eigenvalue weighted by Gasteiger charge is -2.32. The first-order valence-electron chi connectivity index (χ1n) is 7.65. The van der Waals surface area contributed by atoms with Crippen LogP contribution in [0.15, 0.2) is 35.5 Å². The Bertz CT molecular complexity index is 796. The number of rotatable bonds is 3. The Morgan fingerprint density at radius 1 is 1.30 bits per heavy atom.